The quantitative estimate of drug-likeness (QED) is 0.529. The lowest BCUT2D eigenvalue weighted by Crippen LogP contribution is -2.04. The van der Waals surface area contributed by atoms with Crippen molar-refractivity contribution in [3.8, 4) is 23.0 Å². The van der Waals surface area contributed by atoms with Crippen LogP contribution >= 0.6 is 23.1 Å². The van der Waals surface area contributed by atoms with Crippen molar-refractivity contribution < 1.29 is 18.7 Å². The number of fused-ring (bicyclic) bond motifs is 1. The Morgan fingerprint density at radius 3 is 3.00 bits per heavy atom. The van der Waals surface area contributed by atoms with Gasteiger partial charge in [-0.3, -0.25) is 4.79 Å². The SMILES string of the molecule is CC(=O)Nc1nnc(SCc2nnc(-c3ccc4c(c3)OCO4)o2)s1. The molecule has 1 N–H and O–H groups in total. The van der Waals surface area contributed by atoms with E-state index in [1.807, 2.05) is 6.07 Å². The van der Waals surface area contributed by atoms with Gasteiger partial charge < -0.3 is 19.2 Å². The Morgan fingerprint density at radius 2 is 2.12 bits per heavy atom. The number of hydrogen-bond donors (Lipinski definition) is 1. The van der Waals surface area contributed by atoms with Crippen molar-refractivity contribution in [3.05, 3.63) is 24.1 Å². The minimum Gasteiger partial charge on any atom is -0.454 e. The fourth-order valence-electron chi connectivity index (χ4n) is 2.05. The molecule has 128 valence electrons. The number of thioether (sulfide) groups is 1. The number of carbonyl (C=O) groups is 1. The Labute approximate surface area is 149 Å². The van der Waals surface area contributed by atoms with Crippen LogP contribution < -0.4 is 14.8 Å². The zero-order valence-electron chi connectivity index (χ0n) is 12.9. The molecule has 0 unspecified atom stereocenters. The number of rotatable bonds is 5. The molecule has 0 bridgehead atoms. The lowest BCUT2D eigenvalue weighted by molar-refractivity contribution is -0.114. The first kappa shape index (κ1) is 15.8. The molecule has 1 aliphatic rings. The summed E-state index contributed by atoms with van der Waals surface area (Å²) in [4.78, 5) is 11.0. The number of nitrogens with zero attached hydrogens (tertiary/aromatic N) is 4. The third-order valence-electron chi connectivity index (χ3n) is 3.09. The number of aromatic nitrogens is 4. The van der Waals surface area contributed by atoms with E-state index in [0.29, 0.717) is 38.5 Å². The standard InChI is InChI=1S/C14H11N5O4S2/c1-7(20)15-13-18-19-14(25-13)24-5-11-16-17-12(23-11)8-2-3-9-10(4-8)22-6-21-9/h2-4H,5-6H2,1H3,(H,15,18,20). The Hall–Kier alpha value is -2.66. The van der Waals surface area contributed by atoms with E-state index in [1.54, 1.807) is 12.1 Å². The fourth-order valence-corrected chi connectivity index (χ4v) is 3.69. The molecule has 0 radical (unpaired) electrons. The maximum absolute atomic E-state index is 11.0. The van der Waals surface area contributed by atoms with Crippen LogP contribution in [0.15, 0.2) is 27.0 Å². The minimum absolute atomic E-state index is 0.182. The largest absolute Gasteiger partial charge is 0.454 e. The van der Waals surface area contributed by atoms with E-state index in [-0.39, 0.29) is 12.7 Å². The second kappa shape index (κ2) is 6.69. The van der Waals surface area contributed by atoms with Crippen molar-refractivity contribution in [1.82, 2.24) is 20.4 Å². The number of anilines is 1. The molecule has 9 nitrogen and oxygen atoms in total. The summed E-state index contributed by atoms with van der Waals surface area (Å²) in [7, 11) is 0. The van der Waals surface area contributed by atoms with Gasteiger partial charge in [-0.25, -0.2) is 0 Å². The molecular formula is C14H11N5O4S2. The highest BCUT2D eigenvalue weighted by Crippen LogP contribution is 2.36. The number of ether oxygens (including phenoxy) is 2. The smallest absolute Gasteiger partial charge is 0.247 e. The van der Waals surface area contributed by atoms with E-state index >= 15 is 0 Å². The van der Waals surface area contributed by atoms with Gasteiger partial charge in [0, 0.05) is 12.5 Å². The molecule has 1 amide bonds. The molecule has 25 heavy (non-hydrogen) atoms. The Bertz CT molecular complexity index is 926. The molecule has 1 aliphatic heterocycles. The monoisotopic (exact) mass is 377 g/mol. The van der Waals surface area contributed by atoms with Crippen molar-refractivity contribution in [3.63, 3.8) is 0 Å². The van der Waals surface area contributed by atoms with Gasteiger partial charge in [0.15, 0.2) is 15.8 Å². The summed E-state index contributed by atoms with van der Waals surface area (Å²) < 4.78 is 17.0. The molecule has 0 saturated carbocycles. The maximum atomic E-state index is 11.0. The first-order chi connectivity index (χ1) is 12.2. The summed E-state index contributed by atoms with van der Waals surface area (Å²) in [6, 6.07) is 5.45. The normalized spacial score (nSPS) is 12.4. The van der Waals surface area contributed by atoms with E-state index in [9.17, 15) is 4.79 Å². The average Bonchev–Trinajstić information content (AvgIpc) is 3.32. The van der Waals surface area contributed by atoms with Crippen LogP contribution in [0.25, 0.3) is 11.5 Å². The van der Waals surface area contributed by atoms with Crippen molar-refractivity contribution in [2.24, 2.45) is 0 Å². The number of hydrogen-bond acceptors (Lipinski definition) is 10. The Kier molecular flexibility index (Phi) is 4.24. The number of amides is 1. The zero-order chi connectivity index (χ0) is 17.2. The van der Waals surface area contributed by atoms with Gasteiger partial charge >= 0.3 is 0 Å². The lowest BCUT2D eigenvalue weighted by atomic mass is 10.2. The van der Waals surface area contributed by atoms with Crippen molar-refractivity contribution >= 4 is 34.1 Å². The molecule has 0 spiro atoms. The topological polar surface area (TPSA) is 112 Å². The minimum atomic E-state index is -0.182. The van der Waals surface area contributed by atoms with Crippen molar-refractivity contribution in [1.29, 1.82) is 0 Å². The van der Waals surface area contributed by atoms with E-state index in [0.717, 1.165) is 5.56 Å². The summed E-state index contributed by atoms with van der Waals surface area (Å²) in [6.07, 6.45) is 0. The van der Waals surface area contributed by atoms with Gasteiger partial charge in [-0.05, 0) is 18.2 Å². The summed E-state index contributed by atoms with van der Waals surface area (Å²) in [5, 5.41) is 19.0. The van der Waals surface area contributed by atoms with Gasteiger partial charge in [-0.2, -0.15) is 0 Å². The van der Waals surface area contributed by atoms with Gasteiger partial charge in [0.1, 0.15) is 0 Å². The van der Waals surface area contributed by atoms with E-state index < -0.39 is 0 Å². The molecular weight excluding hydrogens is 366 g/mol. The lowest BCUT2D eigenvalue weighted by Gasteiger charge is -1.97. The second-order valence-electron chi connectivity index (χ2n) is 4.91. The average molecular weight is 377 g/mol. The third-order valence-corrected chi connectivity index (χ3v) is 5.05. The van der Waals surface area contributed by atoms with E-state index in [1.165, 1.54) is 30.0 Å². The third kappa shape index (κ3) is 3.56. The van der Waals surface area contributed by atoms with Crippen LogP contribution in [0.2, 0.25) is 0 Å². The molecule has 0 saturated heterocycles. The molecule has 4 rings (SSSR count). The molecule has 11 heteroatoms. The summed E-state index contributed by atoms with van der Waals surface area (Å²) in [6.45, 7) is 1.64. The molecule has 1 aromatic carbocycles. The van der Waals surface area contributed by atoms with Crippen LogP contribution in [0.1, 0.15) is 12.8 Å². The van der Waals surface area contributed by atoms with Crippen LogP contribution in [0.4, 0.5) is 5.13 Å². The molecule has 0 aliphatic carbocycles. The molecule has 2 aromatic heterocycles. The number of benzene rings is 1. The van der Waals surface area contributed by atoms with Crippen LogP contribution in [-0.4, -0.2) is 33.1 Å². The Morgan fingerprint density at radius 1 is 1.24 bits per heavy atom. The summed E-state index contributed by atoms with van der Waals surface area (Å²) >= 11 is 2.69. The Balaban J connectivity index is 1.41. The molecule has 3 aromatic rings. The zero-order valence-corrected chi connectivity index (χ0v) is 14.5. The first-order valence-electron chi connectivity index (χ1n) is 7.14. The van der Waals surface area contributed by atoms with Gasteiger partial charge in [0.2, 0.25) is 29.6 Å². The second-order valence-corrected chi connectivity index (χ2v) is 7.11. The van der Waals surface area contributed by atoms with Crippen molar-refractivity contribution in [2.75, 3.05) is 12.1 Å². The van der Waals surface area contributed by atoms with Gasteiger partial charge in [0.25, 0.3) is 0 Å². The highest BCUT2D eigenvalue weighted by atomic mass is 32.2. The predicted octanol–water partition coefficient (Wildman–Crippen LogP) is 2.57. The van der Waals surface area contributed by atoms with Crippen LogP contribution in [0, 0.1) is 0 Å². The molecule has 0 atom stereocenters. The highest BCUT2D eigenvalue weighted by molar-refractivity contribution is 8.00. The predicted molar refractivity (Wildman–Crippen MR) is 89.6 cm³/mol. The van der Waals surface area contributed by atoms with Crippen LogP contribution in [0.3, 0.4) is 0 Å². The van der Waals surface area contributed by atoms with Gasteiger partial charge in [0.05, 0.1) is 5.75 Å². The van der Waals surface area contributed by atoms with E-state index in [4.69, 9.17) is 13.9 Å². The molecule has 0 fully saturated rings. The van der Waals surface area contributed by atoms with Gasteiger partial charge in [-0.15, -0.1) is 20.4 Å². The highest BCUT2D eigenvalue weighted by Gasteiger charge is 2.17. The van der Waals surface area contributed by atoms with Crippen LogP contribution in [-0.2, 0) is 10.5 Å². The molecule has 3 heterocycles. The van der Waals surface area contributed by atoms with E-state index in [2.05, 4.69) is 25.7 Å². The van der Waals surface area contributed by atoms with Crippen LogP contribution in [0.5, 0.6) is 11.5 Å². The summed E-state index contributed by atoms with van der Waals surface area (Å²) in [5.41, 5.74) is 0.761. The number of nitrogens with one attached hydrogen (secondary N) is 1. The summed E-state index contributed by atoms with van der Waals surface area (Å²) in [5.74, 6) is 2.50. The van der Waals surface area contributed by atoms with Crippen molar-refractivity contribution in [2.45, 2.75) is 17.0 Å². The fraction of sp³-hybridized carbons (Fsp3) is 0.214. The maximum Gasteiger partial charge on any atom is 0.247 e. The number of carbonyl (C=O) groups excluding carboxylic acids is 1. The first-order valence-corrected chi connectivity index (χ1v) is 8.94. The van der Waals surface area contributed by atoms with Gasteiger partial charge in [-0.1, -0.05) is 23.1 Å².